The van der Waals surface area contributed by atoms with Gasteiger partial charge in [-0.25, -0.2) is 9.98 Å². The van der Waals surface area contributed by atoms with Crippen molar-refractivity contribution in [1.29, 1.82) is 0 Å². The second kappa shape index (κ2) is 10.4. The second-order valence-corrected chi connectivity index (χ2v) is 9.34. The van der Waals surface area contributed by atoms with E-state index >= 15 is 0 Å². The number of fused-ring (bicyclic) bond motifs is 1. The Morgan fingerprint density at radius 1 is 1.08 bits per heavy atom. The van der Waals surface area contributed by atoms with Gasteiger partial charge in [-0.1, -0.05) is 29.3 Å². The highest BCUT2D eigenvalue weighted by Crippen LogP contribution is 2.27. The fraction of sp³-hybridized carbons (Fsp3) is 0.107. The summed E-state index contributed by atoms with van der Waals surface area (Å²) in [5, 5.41) is 6.50. The van der Waals surface area contributed by atoms with E-state index in [0.717, 1.165) is 22.6 Å². The number of aryl methyl sites for hydroxylation is 1. The zero-order valence-corrected chi connectivity index (χ0v) is 21.2. The van der Waals surface area contributed by atoms with Crippen LogP contribution in [0.1, 0.15) is 22.8 Å². The third-order valence-electron chi connectivity index (χ3n) is 5.40. The molecule has 0 aliphatic rings. The quantitative estimate of drug-likeness (QED) is 0.255. The minimum Gasteiger partial charge on any atom is -0.494 e. The van der Waals surface area contributed by atoms with Crippen molar-refractivity contribution in [2.24, 2.45) is 4.99 Å². The van der Waals surface area contributed by atoms with Crippen molar-refractivity contribution in [3.05, 3.63) is 99.9 Å². The molecule has 0 radical (unpaired) electrons. The van der Waals surface area contributed by atoms with E-state index in [1.54, 1.807) is 24.3 Å². The van der Waals surface area contributed by atoms with Crippen LogP contribution in [0.15, 0.2) is 87.6 Å². The third kappa shape index (κ3) is 5.32. The first kappa shape index (κ1) is 23.8. The van der Waals surface area contributed by atoms with E-state index in [1.165, 1.54) is 11.3 Å². The van der Waals surface area contributed by atoms with Crippen molar-refractivity contribution in [3.8, 4) is 17.0 Å². The number of hydrogen-bond acceptors (Lipinski definition) is 6. The molecule has 2 heterocycles. The normalized spacial score (nSPS) is 11.6. The van der Waals surface area contributed by atoms with Crippen molar-refractivity contribution >= 4 is 50.6 Å². The standard InChI is InChI=1S/C28H22ClN3O3S/c1-3-34-22-11-6-18(7-12-22)24-16-36-28(31-24)32-26(33)23-15-19-14-20(29)8-13-25(19)35-27(23)30-21-9-4-17(2)5-10-21/h4-16H,3H2,1-2H3,(H,31,32,33). The molecule has 0 aliphatic heterocycles. The van der Waals surface area contributed by atoms with Gasteiger partial charge in [0.25, 0.3) is 5.91 Å². The van der Waals surface area contributed by atoms with Gasteiger partial charge in [-0.3, -0.25) is 10.1 Å². The minimum atomic E-state index is -0.376. The Hall–Kier alpha value is -3.94. The van der Waals surface area contributed by atoms with Gasteiger partial charge < -0.3 is 9.15 Å². The molecule has 0 spiro atoms. The first-order chi connectivity index (χ1) is 17.5. The Balaban J connectivity index is 1.48. The van der Waals surface area contributed by atoms with Crippen LogP contribution in [0.2, 0.25) is 5.02 Å². The number of hydrogen-bond donors (Lipinski definition) is 1. The van der Waals surface area contributed by atoms with Gasteiger partial charge in [0.15, 0.2) is 5.13 Å². The van der Waals surface area contributed by atoms with Gasteiger partial charge in [0.2, 0.25) is 5.55 Å². The lowest BCUT2D eigenvalue weighted by molar-refractivity contribution is 0.102. The van der Waals surface area contributed by atoms with Crippen LogP contribution in [0.5, 0.6) is 5.75 Å². The second-order valence-electron chi connectivity index (χ2n) is 8.04. The lowest BCUT2D eigenvalue weighted by Gasteiger charge is -2.06. The Morgan fingerprint density at radius 3 is 2.61 bits per heavy atom. The van der Waals surface area contributed by atoms with E-state index in [4.69, 9.17) is 20.8 Å². The van der Waals surface area contributed by atoms with Crippen LogP contribution >= 0.6 is 22.9 Å². The molecule has 180 valence electrons. The maximum atomic E-state index is 13.4. The number of rotatable bonds is 6. The molecule has 0 aliphatic carbocycles. The van der Waals surface area contributed by atoms with Gasteiger partial charge in [0.1, 0.15) is 16.9 Å². The number of benzene rings is 3. The summed E-state index contributed by atoms with van der Waals surface area (Å²) in [5.41, 5.74) is 4.55. The summed E-state index contributed by atoms with van der Waals surface area (Å²) < 4.78 is 11.5. The van der Waals surface area contributed by atoms with Gasteiger partial charge in [-0.2, -0.15) is 0 Å². The molecule has 36 heavy (non-hydrogen) atoms. The number of nitrogens with zero attached hydrogens (tertiary/aromatic N) is 2. The summed E-state index contributed by atoms with van der Waals surface area (Å²) in [6, 6.07) is 22.3. The number of ether oxygens (including phenoxy) is 1. The predicted molar refractivity (Wildman–Crippen MR) is 144 cm³/mol. The zero-order chi connectivity index (χ0) is 25.1. The molecule has 0 saturated heterocycles. The van der Waals surface area contributed by atoms with E-state index in [0.29, 0.717) is 33.4 Å². The first-order valence-corrected chi connectivity index (χ1v) is 12.6. The maximum absolute atomic E-state index is 13.4. The fourth-order valence-corrected chi connectivity index (χ4v) is 4.50. The molecule has 0 bridgehead atoms. The average Bonchev–Trinajstić information content (AvgIpc) is 3.34. The highest BCUT2D eigenvalue weighted by molar-refractivity contribution is 7.14. The number of aromatic nitrogens is 1. The summed E-state index contributed by atoms with van der Waals surface area (Å²) in [5.74, 6) is 0.425. The van der Waals surface area contributed by atoms with Crippen molar-refractivity contribution in [1.82, 2.24) is 4.98 Å². The Kier molecular flexibility index (Phi) is 6.84. The summed E-state index contributed by atoms with van der Waals surface area (Å²) in [6.07, 6.45) is 0. The highest BCUT2D eigenvalue weighted by Gasteiger charge is 2.16. The number of carbonyl (C=O) groups excluding carboxylic acids is 1. The number of carbonyl (C=O) groups is 1. The summed E-state index contributed by atoms with van der Waals surface area (Å²) in [7, 11) is 0. The van der Waals surface area contributed by atoms with Crippen molar-refractivity contribution in [2.75, 3.05) is 11.9 Å². The van der Waals surface area contributed by atoms with E-state index in [-0.39, 0.29) is 17.0 Å². The zero-order valence-electron chi connectivity index (χ0n) is 19.6. The van der Waals surface area contributed by atoms with Crippen molar-refractivity contribution in [3.63, 3.8) is 0 Å². The molecular weight excluding hydrogens is 494 g/mol. The molecule has 1 N–H and O–H groups in total. The third-order valence-corrected chi connectivity index (χ3v) is 6.40. The van der Waals surface area contributed by atoms with Crippen LogP contribution in [0, 0.1) is 6.92 Å². The summed E-state index contributed by atoms with van der Waals surface area (Å²) >= 11 is 7.51. The number of amides is 1. The van der Waals surface area contributed by atoms with Crippen LogP contribution < -0.4 is 15.6 Å². The highest BCUT2D eigenvalue weighted by atomic mass is 35.5. The van der Waals surface area contributed by atoms with Gasteiger partial charge in [0, 0.05) is 21.4 Å². The van der Waals surface area contributed by atoms with Gasteiger partial charge >= 0.3 is 0 Å². The van der Waals surface area contributed by atoms with Crippen LogP contribution in [-0.2, 0) is 0 Å². The molecule has 0 unspecified atom stereocenters. The van der Waals surface area contributed by atoms with Crippen LogP contribution in [0.25, 0.3) is 22.2 Å². The molecule has 5 rings (SSSR count). The number of anilines is 1. The molecule has 5 aromatic rings. The lowest BCUT2D eigenvalue weighted by atomic mass is 10.1. The predicted octanol–water partition coefficient (Wildman–Crippen LogP) is 7.40. The Morgan fingerprint density at radius 2 is 1.86 bits per heavy atom. The van der Waals surface area contributed by atoms with E-state index in [9.17, 15) is 4.79 Å². The van der Waals surface area contributed by atoms with E-state index < -0.39 is 0 Å². The Bertz CT molecular complexity index is 1610. The van der Waals surface area contributed by atoms with Crippen molar-refractivity contribution < 1.29 is 13.9 Å². The SMILES string of the molecule is CCOc1ccc(-c2csc(NC(=O)c3cc4cc(Cl)ccc4oc3=Nc3ccc(C)cc3)n2)cc1. The van der Waals surface area contributed by atoms with E-state index in [1.807, 2.05) is 67.8 Å². The number of halogens is 1. The van der Waals surface area contributed by atoms with Crippen LogP contribution in [0.3, 0.4) is 0 Å². The summed E-state index contributed by atoms with van der Waals surface area (Å²) in [6.45, 7) is 4.56. The average molecular weight is 516 g/mol. The molecular formula is C28H22ClN3O3S. The van der Waals surface area contributed by atoms with Crippen LogP contribution in [0.4, 0.5) is 10.8 Å². The molecule has 6 nitrogen and oxygen atoms in total. The van der Waals surface area contributed by atoms with Gasteiger partial charge in [0.05, 0.1) is 18.0 Å². The summed E-state index contributed by atoms with van der Waals surface area (Å²) in [4.78, 5) is 22.5. The number of nitrogens with one attached hydrogen (secondary N) is 1. The molecule has 0 saturated carbocycles. The molecule has 8 heteroatoms. The molecule has 0 atom stereocenters. The van der Waals surface area contributed by atoms with Crippen molar-refractivity contribution in [2.45, 2.75) is 13.8 Å². The Labute approximate surface area is 216 Å². The van der Waals surface area contributed by atoms with Crippen LogP contribution in [-0.4, -0.2) is 17.5 Å². The molecule has 0 fully saturated rings. The van der Waals surface area contributed by atoms with Gasteiger partial charge in [-0.05, 0) is 74.5 Å². The number of thiazole rings is 1. The monoisotopic (exact) mass is 515 g/mol. The first-order valence-electron chi connectivity index (χ1n) is 11.3. The minimum absolute atomic E-state index is 0.203. The molecule has 2 aromatic heterocycles. The maximum Gasteiger partial charge on any atom is 0.262 e. The topological polar surface area (TPSA) is 76.7 Å². The van der Waals surface area contributed by atoms with E-state index in [2.05, 4.69) is 15.3 Å². The largest absolute Gasteiger partial charge is 0.494 e. The lowest BCUT2D eigenvalue weighted by Crippen LogP contribution is -2.21. The fourth-order valence-electron chi connectivity index (χ4n) is 3.60. The molecule has 1 amide bonds. The smallest absolute Gasteiger partial charge is 0.262 e. The van der Waals surface area contributed by atoms with Gasteiger partial charge in [-0.15, -0.1) is 11.3 Å². The molecule has 3 aromatic carbocycles.